The van der Waals surface area contributed by atoms with Gasteiger partial charge in [-0.2, -0.15) is 0 Å². The van der Waals surface area contributed by atoms with Gasteiger partial charge in [0.05, 0.1) is 0 Å². The van der Waals surface area contributed by atoms with Gasteiger partial charge in [0, 0.05) is 27.5 Å². The zero-order valence-corrected chi connectivity index (χ0v) is 23.3. The summed E-state index contributed by atoms with van der Waals surface area (Å²) in [5.74, 6) is 1.55. The largest absolute Gasteiger partial charge is 0.455 e. The lowest BCUT2D eigenvalue weighted by atomic mass is 9.99. The molecule has 0 saturated carbocycles. The number of benzene rings is 6. The number of para-hydroxylation sites is 1. The van der Waals surface area contributed by atoms with E-state index < -0.39 is 0 Å². The summed E-state index contributed by atoms with van der Waals surface area (Å²) in [6.45, 7) is 0. The number of hydrogen-bond donors (Lipinski definition) is 1. The summed E-state index contributed by atoms with van der Waals surface area (Å²) in [6.07, 6.45) is -0.388. The molecule has 1 aliphatic heterocycles. The van der Waals surface area contributed by atoms with Crippen LogP contribution < -0.4 is 5.32 Å². The minimum atomic E-state index is -0.388. The number of amidine groups is 2. The van der Waals surface area contributed by atoms with Crippen LogP contribution in [0, 0.1) is 0 Å². The van der Waals surface area contributed by atoms with E-state index in [9.17, 15) is 0 Å². The Bertz CT molecular complexity index is 2150. The molecule has 0 bridgehead atoms. The summed E-state index contributed by atoms with van der Waals surface area (Å²) in [5, 5.41) is 5.71. The number of nitrogens with zero attached hydrogens (tertiary/aromatic N) is 2. The number of furan rings is 1. The maximum absolute atomic E-state index is 6.54. The van der Waals surface area contributed by atoms with Crippen LogP contribution in [0.5, 0.6) is 0 Å². The van der Waals surface area contributed by atoms with Crippen molar-refractivity contribution in [1.29, 1.82) is 0 Å². The number of rotatable bonds is 5. The van der Waals surface area contributed by atoms with Crippen LogP contribution in [-0.2, 0) is 0 Å². The lowest BCUT2D eigenvalue weighted by molar-refractivity contribution is 0.670. The van der Waals surface area contributed by atoms with Gasteiger partial charge in [0.2, 0.25) is 0 Å². The highest BCUT2D eigenvalue weighted by atomic mass is 16.3. The van der Waals surface area contributed by atoms with E-state index >= 15 is 0 Å². The molecule has 4 nitrogen and oxygen atoms in total. The molecule has 0 saturated heterocycles. The first-order valence-electron chi connectivity index (χ1n) is 14.5. The summed E-state index contributed by atoms with van der Waals surface area (Å²) >= 11 is 0. The molecule has 7 aromatic rings. The fourth-order valence-corrected chi connectivity index (χ4v) is 5.87. The Kier molecular flexibility index (Phi) is 6.16. The molecule has 43 heavy (non-hydrogen) atoms. The van der Waals surface area contributed by atoms with E-state index in [1.54, 1.807) is 0 Å². The topological polar surface area (TPSA) is 49.9 Å². The van der Waals surface area contributed by atoms with Crippen LogP contribution in [0.15, 0.2) is 166 Å². The van der Waals surface area contributed by atoms with Crippen LogP contribution in [0.4, 0.5) is 0 Å². The second kappa shape index (κ2) is 10.6. The minimum absolute atomic E-state index is 0.388. The molecule has 0 aliphatic carbocycles. The molecule has 0 fully saturated rings. The smallest absolute Gasteiger partial charge is 0.169 e. The molecule has 4 heteroatoms. The SMILES string of the molecule is c1ccc(-c2cccc(C3=NC(c4ccccc4)N=C(c4cccc5oc6c(-c7ccccc7)cccc6c45)N3)c2)cc1. The number of aliphatic imine (C=N–C) groups is 2. The Morgan fingerprint density at radius 3 is 1.88 bits per heavy atom. The van der Waals surface area contributed by atoms with E-state index in [4.69, 9.17) is 14.4 Å². The lowest BCUT2D eigenvalue weighted by Gasteiger charge is -2.23. The van der Waals surface area contributed by atoms with Crippen LogP contribution in [0.1, 0.15) is 22.9 Å². The van der Waals surface area contributed by atoms with E-state index in [-0.39, 0.29) is 6.17 Å². The highest BCUT2D eigenvalue weighted by Gasteiger charge is 2.24. The average Bonchev–Trinajstić information content (AvgIpc) is 3.49. The molecule has 8 rings (SSSR count). The second-order valence-electron chi connectivity index (χ2n) is 10.6. The van der Waals surface area contributed by atoms with E-state index in [1.165, 1.54) is 0 Å². The maximum Gasteiger partial charge on any atom is 0.169 e. The van der Waals surface area contributed by atoms with Crippen molar-refractivity contribution >= 4 is 33.6 Å². The molecule has 6 aromatic carbocycles. The first-order chi connectivity index (χ1) is 21.3. The number of fused-ring (bicyclic) bond motifs is 3. The molecule has 1 atom stereocenters. The van der Waals surface area contributed by atoms with Crippen LogP contribution in [0.2, 0.25) is 0 Å². The molecule has 0 amide bonds. The Morgan fingerprint density at radius 2 is 1.09 bits per heavy atom. The maximum atomic E-state index is 6.54. The normalized spacial score (nSPS) is 14.7. The molecule has 0 spiro atoms. The fourth-order valence-electron chi connectivity index (χ4n) is 5.87. The average molecular weight is 554 g/mol. The first-order valence-corrected chi connectivity index (χ1v) is 14.5. The Labute approximate surface area is 249 Å². The molecule has 1 aromatic heterocycles. The molecular weight excluding hydrogens is 526 g/mol. The summed E-state index contributed by atoms with van der Waals surface area (Å²) in [6, 6.07) is 52.1. The van der Waals surface area contributed by atoms with Gasteiger partial charge in [-0.05, 0) is 34.4 Å². The van der Waals surface area contributed by atoms with Crippen molar-refractivity contribution in [3.8, 4) is 22.3 Å². The third-order valence-corrected chi connectivity index (χ3v) is 7.94. The summed E-state index contributed by atoms with van der Waals surface area (Å²) in [5.41, 5.74) is 9.22. The van der Waals surface area contributed by atoms with E-state index in [1.807, 2.05) is 42.5 Å². The van der Waals surface area contributed by atoms with Gasteiger partial charge in [-0.3, -0.25) is 0 Å². The van der Waals surface area contributed by atoms with Gasteiger partial charge < -0.3 is 9.73 Å². The van der Waals surface area contributed by atoms with Crippen LogP contribution >= 0.6 is 0 Å². The van der Waals surface area contributed by atoms with Gasteiger partial charge in [-0.15, -0.1) is 0 Å². The van der Waals surface area contributed by atoms with Gasteiger partial charge in [0.15, 0.2) is 6.17 Å². The van der Waals surface area contributed by atoms with E-state index in [0.717, 1.165) is 72.6 Å². The Morgan fingerprint density at radius 1 is 0.488 bits per heavy atom. The standard InChI is InChI=1S/C39H27N3O/c1-4-13-26(14-5-1)29-19-10-20-30(25-29)38-40-37(28-17-8-3-9-18-28)41-39(42-38)33-23-12-24-34-35(33)32-22-11-21-31(36(32)43-34)27-15-6-2-7-16-27/h1-25,37H,(H,40,41,42). The minimum Gasteiger partial charge on any atom is -0.455 e. The molecule has 1 N–H and O–H groups in total. The predicted molar refractivity (Wildman–Crippen MR) is 176 cm³/mol. The molecular formula is C39H27N3O. The van der Waals surface area contributed by atoms with Crippen molar-refractivity contribution < 1.29 is 4.42 Å². The fraction of sp³-hybridized carbons (Fsp3) is 0.0256. The third-order valence-electron chi connectivity index (χ3n) is 7.94. The Hall–Kier alpha value is -5.74. The molecule has 1 aliphatic rings. The molecule has 2 heterocycles. The lowest BCUT2D eigenvalue weighted by Crippen LogP contribution is -2.36. The number of nitrogens with one attached hydrogen (secondary N) is 1. The predicted octanol–water partition coefficient (Wildman–Crippen LogP) is 9.42. The van der Waals surface area contributed by atoms with Crippen LogP contribution in [0.25, 0.3) is 44.2 Å². The highest BCUT2D eigenvalue weighted by Crippen LogP contribution is 2.38. The van der Waals surface area contributed by atoms with Crippen molar-refractivity contribution in [3.63, 3.8) is 0 Å². The molecule has 204 valence electrons. The van der Waals surface area contributed by atoms with Crippen LogP contribution in [-0.4, -0.2) is 11.7 Å². The monoisotopic (exact) mass is 553 g/mol. The van der Waals surface area contributed by atoms with Crippen molar-refractivity contribution in [2.45, 2.75) is 6.17 Å². The Balaban J connectivity index is 1.28. The third kappa shape index (κ3) is 4.59. The van der Waals surface area contributed by atoms with E-state index in [0.29, 0.717) is 0 Å². The van der Waals surface area contributed by atoms with Crippen molar-refractivity contribution in [3.05, 3.63) is 168 Å². The van der Waals surface area contributed by atoms with Crippen molar-refractivity contribution in [1.82, 2.24) is 5.32 Å². The zero-order valence-electron chi connectivity index (χ0n) is 23.3. The van der Waals surface area contributed by atoms with Crippen molar-refractivity contribution in [2.75, 3.05) is 0 Å². The number of hydrogen-bond acceptors (Lipinski definition) is 4. The second-order valence-corrected chi connectivity index (χ2v) is 10.6. The molecule has 0 radical (unpaired) electrons. The first kappa shape index (κ1) is 25.0. The molecule has 1 unspecified atom stereocenters. The highest BCUT2D eigenvalue weighted by molar-refractivity contribution is 6.24. The van der Waals surface area contributed by atoms with Gasteiger partial charge in [0.25, 0.3) is 0 Å². The quantitative estimate of drug-likeness (QED) is 0.231. The summed E-state index contributed by atoms with van der Waals surface area (Å²) in [4.78, 5) is 10.3. The zero-order chi connectivity index (χ0) is 28.6. The van der Waals surface area contributed by atoms with Crippen molar-refractivity contribution in [2.24, 2.45) is 9.98 Å². The van der Waals surface area contributed by atoms with Crippen LogP contribution in [0.3, 0.4) is 0 Å². The van der Waals surface area contributed by atoms with Gasteiger partial charge in [-0.25, -0.2) is 9.98 Å². The van der Waals surface area contributed by atoms with E-state index in [2.05, 4.69) is 115 Å². The van der Waals surface area contributed by atoms with Gasteiger partial charge in [-0.1, -0.05) is 140 Å². The summed E-state index contributed by atoms with van der Waals surface area (Å²) in [7, 11) is 0. The summed E-state index contributed by atoms with van der Waals surface area (Å²) < 4.78 is 6.54. The van der Waals surface area contributed by atoms with Gasteiger partial charge >= 0.3 is 0 Å². The van der Waals surface area contributed by atoms with Gasteiger partial charge in [0.1, 0.15) is 22.8 Å².